The van der Waals surface area contributed by atoms with Gasteiger partial charge in [-0.05, 0) is 46.2 Å². The number of anilines is 2. The van der Waals surface area contributed by atoms with Gasteiger partial charge in [-0.2, -0.15) is 0 Å². The van der Waals surface area contributed by atoms with Crippen molar-refractivity contribution in [2.24, 2.45) is 7.05 Å². The highest BCUT2D eigenvalue weighted by Crippen LogP contribution is 2.52. The van der Waals surface area contributed by atoms with Crippen LogP contribution in [0, 0.1) is 0 Å². The van der Waals surface area contributed by atoms with E-state index in [9.17, 15) is 0 Å². The minimum absolute atomic E-state index is 0.913. The molecule has 3 nitrogen and oxygen atoms in total. The van der Waals surface area contributed by atoms with Crippen molar-refractivity contribution < 1.29 is 4.74 Å². The Morgan fingerprint density at radius 2 is 1.19 bits per heavy atom. The van der Waals surface area contributed by atoms with Gasteiger partial charge in [-0.25, -0.2) is 0 Å². The Labute approximate surface area is 214 Å². The Morgan fingerprint density at radius 1 is 0.514 bits per heavy atom. The van der Waals surface area contributed by atoms with Crippen molar-refractivity contribution in [1.82, 2.24) is 4.57 Å². The van der Waals surface area contributed by atoms with Crippen molar-refractivity contribution in [3.63, 3.8) is 0 Å². The van der Waals surface area contributed by atoms with Crippen LogP contribution in [0.4, 0.5) is 11.4 Å². The first-order valence-electron chi connectivity index (χ1n) is 12.7. The molecule has 0 saturated heterocycles. The van der Waals surface area contributed by atoms with E-state index < -0.39 is 0 Å². The average Bonchev–Trinajstić information content (AvgIpc) is 3.24. The first kappa shape index (κ1) is 20.4. The van der Waals surface area contributed by atoms with Crippen LogP contribution in [0.1, 0.15) is 0 Å². The van der Waals surface area contributed by atoms with Crippen molar-refractivity contribution in [2.75, 3.05) is 11.9 Å². The lowest BCUT2D eigenvalue weighted by atomic mass is 9.95. The summed E-state index contributed by atoms with van der Waals surface area (Å²) in [4.78, 5) is 2.24. The van der Waals surface area contributed by atoms with E-state index in [1.807, 2.05) is 0 Å². The standard InChI is InChI=1S/C34H24N2O/c1-35-29-13-6-5-10-26(29)27-16-14-22(20-32(27)35)23-11-7-12-28-25(23)17-19-31-34(28)37-33-24-9-4-3-8-21(24)15-18-30(33)36(31)2/h3-20H,1-2H3. The van der Waals surface area contributed by atoms with Crippen LogP contribution < -0.4 is 9.64 Å². The quantitative estimate of drug-likeness (QED) is 0.235. The minimum Gasteiger partial charge on any atom is -0.452 e. The molecule has 3 heteroatoms. The molecule has 0 spiro atoms. The first-order valence-corrected chi connectivity index (χ1v) is 12.7. The van der Waals surface area contributed by atoms with Gasteiger partial charge < -0.3 is 14.2 Å². The second kappa shape index (κ2) is 7.37. The molecule has 1 aromatic heterocycles. The summed E-state index contributed by atoms with van der Waals surface area (Å²) in [5.74, 6) is 1.83. The molecular formula is C34H24N2O. The van der Waals surface area contributed by atoms with Crippen molar-refractivity contribution in [3.05, 3.63) is 109 Å². The number of ether oxygens (including phenoxy) is 1. The lowest BCUT2D eigenvalue weighted by Gasteiger charge is -2.31. The summed E-state index contributed by atoms with van der Waals surface area (Å²) in [5.41, 5.74) is 7.08. The van der Waals surface area contributed by atoms with Crippen LogP contribution in [0.25, 0.3) is 54.5 Å². The molecule has 0 radical (unpaired) electrons. The normalized spacial score (nSPS) is 12.8. The van der Waals surface area contributed by atoms with E-state index in [1.165, 1.54) is 43.7 Å². The molecule has 176 valence electrons. The maximum Gasteiger partial charge on any atom is 0.159 e. The third-order valence-electron chi connectivity index (χ3n) is 8.00. The Balaban J connectivity index is 1.34. The molecule has 0 saturated carbocycles. The Hall–Kier alpha value is -4.76. The molecule has 0 unspecified atom stereocenters. The summed E-state index contributed by atoms with van der Waals surface area (Å²) in [6.07, 6.45) is 0. The van der Waals surface area contributed by atoms with E-state index in [2.05, 4.69) is 133 Å². The van der Waals surface area contributed by atoms with E-state index in [4.69, 9.17) is 4.74 Å². The Bertz CT molecular complexity index is 2050. The van der Waals surface area contributed by atoms with E-state index >= 15 is 0 Å². The summed E-state index contributed by atoms with van der Waals surface area (Å²) >= 11 is 0. The number of aromatic nitrogens is 1. The SMILES string of the molecule is CN1c2ccc3ccccc3c2Oc2c1ccc1c(-c3ccc4c5ccccc5n(C)c4c3)cccc21. The van der Waals surface area contributed by atoms with E-state index in [1.54, 1.807) is 0 Å². The van der Waals surface area contributed by atoms with Crippen LogP contribution in [0.2, 0.25) is 0 Å². The number of hydrogen-bond donors (Lipinski definition) is 0. The van der Waals surface area contributed by atoms with Crippen LogP contribution in [0.3, 0.4) is 0 Å². The smallest absolute Gasteiger partial charge is 0.159 e. The molecule has 6 aromatic carbocycles. The van der Waals surface area contributed by atoms with Crippen LogP contribution >= 0.6 is 0 Å². The summed E-state index contributed by atoms with van der Waals surface area (Å²) in [5, 5.41) is 7.21. The van der Waals surface area contributed by atoms with Gasteiger partial charge in [0.05, 0.1) is 11.4 Å². The monoisotopic (exact) mass is 476 g/mol. The second-order valence-electron chi connectivity index (χ2n) is 9.92. The maximum atomic E-state index is 6.75. The summed E-state index contributed by atoms with van der Waals surface area (Å²) < 4.78 is 9.04. The highest BCUT2D eigenvalue weighted by molar-refractivity contribution is 6.11. The molecule has 2 heterocycles. The van der Waals surface area contributed by atoms with Gasteiger partial charge in [0.2, 0.25) is 0 Å². The van der Waals surface area contributed by atoms with Gasteiger partial charge in [0.1, 0.15) is 0 Å². The fourth-order valence-electron chi connectivity index (χ4n) is 6.10. The number of nitrogens with zero attached hydrogens (tertiary/aromatic N) is 2. The van der Waals surface area contributed by atoms with Crippen molar-refractivity contribution >= 4 is 54.7 Å². The third-order valence-corrected chi connectivity index (χ3v) is 8.00. The highest BCUT2D eigenvalue weighted by atomic mass is 16.5. The molecular weight excluding hydrogens is 452 g/mol. The van der Waals surface area contributed by atoms with Crippen LogP contribution in [0.5, 0.6) is 11.5 Å². The molecule has 1 aliphatic rings. The molecule has 0 N–H and O–H groups in total. The van der Waals surface area contributed by atoms with E-state index in [0.717, 1.165) is 33.6 Å². The van der Waals surface area contributed by atoms with Gasteiger partial charge in [-0.1, -0.05) is 84.9 Å². The summed E-state index contributed by atoms with van der Waals surface area (Å²) in [6, 6.07) is 39.2. The van der Waals surface area contributed by atoms with Gasteiger partial charge in [-0.3, -0.25) is 0 Å². The summed E-state index contributed by atoms with van der Waals surface area (Å²) in [7, 11) is 4.28. The molecule has 0 bridgehead atoms. The maximum absolute atomic E-state index is 6.75. The first-order chi connectivity index (χ1) is 18.2. The van der Waals surface area contributed by atoms with Crippen molar-refractivity contribution in [2.45, 2.75) is 0 Å². The van der Waals surface area contributed by atoms with E-state index in [0.29, 0.717) is 0 Å². The van der Waals surface area contributed by atoms with Crippen LogP contribution in [-0.2, 0) is 7.05 Å². The second-order valence-corrected chi connectivity index (χ2v) is 9.92. The molecule has 7 aromatic rings. The molecule has 0 atom stereocenters. The predicted molar refractivity (Wildman–Crippen MR) is 155 cm³/mol. The zero-order valence-electron chi connectivity index (χ0n) is 20.7. The molecule has 0 amide bonds. The van der Waals surface area contributed by atoms with E-state index in [-0.39, 0.29) is 0 Å². The molecule has 0 fully saturated rings. The Kier molecular flexibility index (Phi) is 4.07. The zero-order chi connectivity index (χ0) is 24.7. The molecule has 0 aliphatic carbocycles. The van der Waals surface area contributed by atoms with Gasteiger partial charge in [0.15, 0.2) is 11.5 Å². The average molecular weight is 477 g/mol. The van der Waals surface area contributed by atoms with Gasteiger partial charge in [-0.15, -0.1) is 0 Å². The number of benzene rings is 6. The largest absolute Gasteiger partial charge is 0.452 e. The topological polar surface area (TPSA) is 17.4 Å². The summed E-state index contributed by atoms with van der Waals surface area (Å²) in [6.45, 7) is 0. The fraction of sp³-hybridized carbons (Fsp3) is 0.0588. The fourth-order valence-corrected chi connectivity index (χ4v) is 6.10. The van der Waals surface area contributed by atoms with Gasteiger partial charge in [0.25, 0.3) is 0 Å². The number of hydrogen-bond acceptors (Lipinski definition) is 2. The van der Waals surface area contributed by atoms with Crippen LogP contribution in [0.15, 0.2) is 109 Å². The predicted octanol–water partition coefficient (Wildman–Crippen LogP) is 9.18. The number of fused-ring (bicyclic) bond motifs is 9. The van der Waals surface area contributed by atoms with Crippen molar-refractivity contribution in [3.8, 4) is 22.6 Å². The molecule has 37 heavy (non-hydrogen) atoms. The van der Waals surface area contributed by atoms with Crippen LogP contribution in [-0.4, -0.2) is 11.6 Å². The van der Waals surface area contributed by atoms with Crippen molar-refractivity contribution in [1.29, 1.82) is 0 Å². The van der Waals surface area contributed by atoms with Gasteiger partial charge in [0, 0.05) is 46.7 Å². The number of aryl methyl sites for hydroxylation is 1. The third kappa shape index (κ3) is 2.77. The number of para-hydroxylation sites is 1. The minimum atomic E-state index is 0.913. The lowest BCUT2D eigenvalue weighted by Crippen LogP contribution is -2.16. The lowest BCUT2D eigenvalue weighted by molar-refractivity contribution is 0.487. The Morgan fingerprint density at radius 3 is 2.08 bits per heavy atom. The number of rotatable bonds is 1. The zero-order valence-corrected chi connectivity index (χ0v) is 20.7. The highest BCUT2D eigenvalue weighted by Gasteiger charge is 2.26. The molecule has 1 aliphatic heterocycles. The van der Waals surface area contributed by atoms with Gasteiger partial charge >= 0.3 is 0 Å². The molecule has 8 rings (SSSR count).